The fourth-order valence-corrected chi connectivity index (χ4v) is 2.66. The van der Waals surface area contributed by atoms with E-state index >= 15 is 0 Å². The highest BCUT2D eigenvalue weighted by Gasteiger charge is 2.27. The summed E-state index contributed by atoms with van der Waals surface area (Å²) >= 11 is 2.08. The van der Waals surface area contributed by atoms with Gasteiger partial charge in [0.25, 0.3) is 0 Å². The Bertz CT molecular complexity index is 108. The van der Waals surface area contributed by atoms with Crippen molar-refractivity contribution in [2.24, 2.45) is 0 Å². The number of hydrogen-bond donors (Lipinski definition) is 1. The lowest BCUT2D eigenvalue weighted by Gasteiger charge is -2.22. The molecule has 11 heavy (non-hydrogen) atoms. The second kappa shape index (κ2) is 4.36. The molecule has 1 N–H and O–H groups in total. The van der Waals surface area contributed by atoms with Gasteiger partial charge in [-0.05, 0) is 13.3 Å². The highest BCUT2D eigenvalue weighted by Crippen LogP contribution is 2.31. The molecule has 0 bridgehead atoms. The van der Waals surface area contributed by atoms with E-state index in [0.29, 0.717) is 4.87 Å². The minimum Gasteiger partial charge on any atom is -0.302 e. The van der Waals surface area contributed by atoms with Gasteiger partial charge in [-0.1, -0.05) is 26.2 Å². The Morgan fingerprint density at radius 2 is 2.27 bits per heavy atom. The van der Waals surface area contributed by atoms with Crippen molar-refractivity contribution in [3.63, 3.8) is 0 Å². The van der Waals surface area contributed by atoms with Crippen LogP contribution >= 0.6 is 11.8 Å². The fourth-order valence-electron chi connectivity index (χ4n) is 1.52. The zero-order valence-electron chi connectivity index (χ0n) is 7.65. The van der Waals surface area contributed by atoms with Crippen molar-refractivity contribution in [3.05, 3.63) is 0 Å². The second-order valence-electron chi connectivity index (χ2n) is 3.46. The van der Waals surface area contributed by atoms with E-state index in [9.17, 15) is 0 Å². The number of thioether (sulfide) groups is 1. The van der Waals surface area contributed by atoms with E-state index in [4.69, 9.17) is 0 Å². The summed E-state index contributed by atoms with van der Waals surface area (Å²) in [5.41, 5.74) is 0. The van der Waals surface area contributed by atoms with Crippen molar-refractivity contribution in [3.8, 4) is 0 Å². The molecule has 0 aromatic carbocycles. The van der Waals surface area contributed by atoms with Crippen LogP contribution in [0.3, 0.4) is 0 Å². The van der Waals surface area contributed by atoms with E-state index in [1.807, 2.05) is 0 Å². The van der Waals surface area contributed by atoms with Crippen molar-refractivity contribution in [2.75, 3.05) is 12.3 Å². The molecule has 1 rings (SSSR count). The van der Waals surface area contributed by atoms with Gasteiger partial charge >= 0.3 is 0 Å². The molecule has 1 saturated heterocycles. The minimum absolute atomic E-state index is 0.412. The van der Waals surface area contributed by atoms with Crippen LogP contribution in [0, 0.1) is 0 Å². The third kappa shape index (κ3) is 3.04. The maximum absolute atomic E-state index is 3.55. The summed E-state index contributed by atoms with van der Waals surface area (Å²) in [6.07, 6.45) is 5.44. The van der Waals surface area contributed by atoms with Crippen LogP contribution in [0.15, 0.2) is 0 Å². The van der Waals surface area contributed by atoms with Gasteiger partial charge in [0.2, 0.25) is 0 Å². The molecule has 0 aromatic rings. The fraction of sp³-hybridized carbons (Fsp3) is 1.00. The molecule has 66 valence electrons. The molecule has 0 amide bonds. The maximum Gasteiger partial charge on any atom is 0.0617 e. The number of unbranched alkanes of at least 4 members (excludes halogenated alkanes) is 2. The summed E-state index contributed by atoms with van der Waals surface area (Å²) < 4.78 is 0. The van der Waals surface area contributed by atoms with Crippen LogP contribution in [0.4, 0.5) is 0 Å². The maximum atomic E-state index is 3.55. The van der Waals surface area contributed by atoms with Gasteiger partial charge in [-0.15, -0.1) is 11.8 Å². The summed E-state index contributed by atoms with van der Waals surface area (Å²) in [6.45, 7) is 5.80. The van der Waals surface area contributed by atoms with Crippen LogP contribution < -0.4 is 5.32 Å². The van der Waals surface area contributed by atoms with Gasteiger partial charge in [-0.2, -0.15) is 0 Å². The molecule has 0 spiro atoms. The van der Waals surface area contributed by atoms with E-state index in [0.717, 1.165) is 0 Å². The normalized spacial score (nSPS) is 31.1. The average Bonchev–Trinajstić information content (AvgIpc) is 2.38. The molecule has 1 unspecified atom stereocenters. The first-order valence-electron chi connectivity index (χ1n) is 4.66. The van der Waals surface area contributed by atoms with E-state index in [2.05, 4.69) is 30.9 Å². The monoisotopic (exact) mass is 173 g/mol. The lowest BCUT2D eigenvalue weighted by atomic mass is 10.1. The SMILES string of the molecule is CCCCCC1(C)NCCS1. The molecule has 1 aliphatic heterocycles. The Morgan fingerprint density at radius 3 is 2.82 bits per heavy atom. The molecule has 1 nitrogen and oxygen atoms in total. The van der Waals surface area contributed by atoms with Crippen molar-refractivity contribution in [1.29, 1.82) is 0 Å². The number of rotatable bonds is 4. The van der Waals surface area contributed by atoms with Gasteiger partial charge in [0.1, 0.15) is 0 Å². The number of nitrogens with one attached hydrogen (secondary N) is 1. The van der Waals surface area contributed by atoms with Crippen LogP contribution in [0.5, 0.6) is 0 Å². The summed E-state index contributed by atoms with van der Waals surface area (Å²) in [5, 5.41) is 3.55. The molecule has 0 saturated carbocycles. The molecular weight excluding hydrogens is 154 g/mol. The Balaban J connectivity index is 2.13. The van der Waals surface area contributed by atoms with E-state index < -0.39 is 0 Å². The van der Waals surface area contributed by atoms with Crippen molar-refractivity contribution < 1.29 is 0 Å². The average molecular weight is 173 g/mol. The van der Waals surface area contributed by atoms with Gasteiger partial charge in [-0.3, -0.25) is 0 Å². The van der Waals surface area contributed by atoms with Crippen molar-refractivity contribution in [1.82, 2.24) is 5.32 Å². The van der Waals surface area contributed by atoms with E-state index in [-0.39, 0.29) is 0 Å². The summed E-state index contributed by atoms with van der Waals surface area (Å²) in [7, 11) is 0. The predicted octanol–water partition coefficient (Wildman–Crippen LogP) is 2.62. The molecule has 0 radical (unpaired) electrons. The molecular formula is C9H19NS. The molecule has 0 aromatic heterocycles. The first-order chi connectivity index (χ1) is 5.27. The molecule has 1 atom stereocenters. The second-order valence-corrected chi connectivity index (χ2v) is 5.06. The Morgan fingerprint density at radius 1 is 1.45 bits per heavy atom. The van der Waals surface area contributed by atoms with Crippen LogP contribution in [0.25, 0.3) is 0 Å². The lowest BCUT2D eigenvalue weighted by molar-refractivity contribution is 0.478. The van der Waals surface area contributed by atoms with Gasteiger partial charge in [0.05, 0.1) is 4.87 Å². The van der Waals surface area contributed by atoms with E-state index in [1.54, 1.807) is 0 Å². The van der Waals surface area contributed by atoms with Crippen molar-refractivity contribution in [2.45, 2.75) is 44.4 Å². The zero-order valence-corrected chi connectivity index (χ0v) is 8.47. The molecule has 1 heterocycles. The largest absolute Gasteiger partial charge is 0.302 e. The van der Waals surface area contributed by atoms with Crippen LogP contribution in [-0.4, -0.2) is 17.2 Å². The highest BCUT2D eigenvalue weighted by molar-refractivity contribution is 8.00. The first kappa shape index (κ1) is 9.40. The van der Waals surface area contributed by atoms with Crippen molar-refractivity contribution >= 4 is 11.8 Å². The van der Waals surface area contributed by atoms with Crippen LogP contribution in [0.1, 0.15) is 39.5 Å². The summed E-state index contributed by atoms with van der Waals surface area (Å²) in [5.74, 6) is 1.29. The van der Waals surface area contributed by atoms with Gasteiger partial charge in [0.15, 0.2) is 0 Å². The smallest absolute Gasteiger partial charge is 0.0617 e. The third-order valence-corrected chi connectivity index (χ3v) is 3.67. The minimum atomic E-state index is 0.412. The standard InChI is InChI=1S/C9H19NS/c1-3-4-5-6-9(2)10-7-8-11-9/h10H,3-8H2,1-2H3. The first-order valence-corrected chi connectivity index (χ1v) is 5.64. The van der Waals surface area contributed by atoms with Gasteiger partial charge in [0, 0.05) is 12.3 Å². The third-order valence-electron chi connectivity index (χ3n) is 2.28. The number of hydrogen-bond acceptors (Lipinski definition) is 2. The lowest BCUT2D eigenvalue weighted by Crippen LogP contribution is -2.33. The summed E-state index contributed by atoms with van der Waals surface area (Å²) in [6, 6.07) is 0. The Hall–Kier alpha value is 0.310. The van der Waals surface area contributed by atoms with Gasteiger partial charge < -0.3 is 5.32 Å². The molecule has 0 aliphatic carbocycles. The molecule has 2 heteroatoms. The molecule has 1 fully saturated rings. The summed E-state index contributed by atoms with van der Waals surface area (Å²) in [4.78, 5) is 0.412. The van der Waals surface area contributed by atoms with Crippen LogP contribution in [-0.2, 0) is 0 Å². The predicted molar refractivity (Wildman–Crippen MR) is 53.0 cm³/mol. The molecule has 1 aliphatic rings. The Labute approximate surface area is 74.3 Å². The zero-order chi connectivity index (χ0) is 8.16. The van der Waals surface area contributed by atoms with Gasteiger partial charge in [-0.25, -0.2) is 0 Å². The van der Waals surface area contributed by atoms with Crippen LogP contribution in [0.2, 0.25) is 0 Å². The topological polar surface area (TPSA) is 12.0 Å². The Kier molecular flexibility index (Phi) is 3.73. The quantitative estimate of drug-likeness (QED) is 0.656. The van der Waals surface area contributed by atoms with E-state index in [1.165, 1.54) is 38.0 Å². The highest BCUT2D eigenvalue weighted by atomic mass is 32.2.